The van der Waals surface area contributed by atoms with Gasteiger partial charge in [0.25, 0.3) is 0 Å². The number of hydrogen-bond acceptors (Lipinski definition) is 4. The molecule has 4 heteroatoms. The fraction of sp³-hybridized carbons (Fsp3) is 0.533. The summed E-state index contributed by atoms with van der Waals surface area (Å²) in [6.45, 7) is 3.12. The molecule has 2 saturated carbocycles. The van der Waals surface area contributed by atoms with E-state index in [2.05, 4.69) is 22.4 Å². The van der Waals surface area contributed by atoms with E-state index in [4.69, 9.17) is 5.73 Å². The molecule has 0 saturated heterocycles. The maximum Gasteiger partial charge on any atom is 0.0907 e. The van der Waals surface area contributed by atoms with Crippen LogP contribution in [0.25, 0.3) is 10.2 Å². The summed E-state index contributed by atoms with van der Waals surface area (Å²) in [4.78, 5) is 4.55. The number of aromatic nitrogens is 1. The zero-order valence-electron chi connectivity index (χ0n) is 11.2. The minimum atomic E-state index is 0.597. The Morgan fingerprint density at radius 2 is 2.21 bits per heavy atom. The maximum atomic E-state index is 6.15. The molecule has 0 atom stereocenters. The van der Waals surface area contributed by atoms with Gasteiger partial charge in [-0.1, -0.05) is 0 Å². The topological polar surface area (TPSA) is 50.9 Å². The number of thiazole rings is 1. The van der Waals surface area contributed by atoms with Crippen LogP contribution in [0.15, 0.2) is 12.1 Å². The van der Waals surface area contributed by atoms with Crippen molar-refractivity contribution in [3.63, 3.8) is 0 Å². The van der Waals surface area contributed by atoms with E-state index in [1.54, 1.807) is 11.3 Å². The Labute approximate surface area is 117 Å². The van der Waals surface area contributed by atoms with Gasteiger partial charge in [-0.15, -0.1) is 11.3 Å². The SMILES string of the molecule is Cc1nc2cc(NCC3(C4CC4)CC3)c(N)cc2s1. The Hall–Kier alpha value is -1.29. The van der Waals surface area contributed by atoms with E-state index in [0.29, 0.717) is 5.41 Å². The molecule has 19 heavy (non-hydrogen) atoms. The lowest BCUT2D eigenvalue weighted by Crippen LogP contribution is -2.17. The number of nitrogen functional groups attached to an aromatic ring is 1. The first-order valence-electron chi connectivity index (χ1n) is 7.07. The molecule has 100 valence electrons. The van der Waals surface area contributed by atoms with Crippen LogP contribution in [0.1, 0.15) is 30.7 Å². The Kier molecular flexibility index (Phi) is 2.34. The number of aryl methyl sites for hydroxylation is 1. The second-order valence-electron chi connectivity index (χ2n) is 6.13. The van der Waals surface area contributed by atoms with E-state index in [-0.39, 0.29) is 0 Å². The molecule has 2 fully saturated rings. The highest BCUT2D eigenvalue weighted by Gasteiger charge is 2.53. The molecular formula is C15H19N3S. The van der Waals surface area contributed by atoms with Crippen LogP contribution in [0, 0.1) is 18.3 Å². The third-order valence-electron chi connectivity index (χ3n) is 4.63. The lowest BCUT2D eigenvalue weighted by atomic mass is 10.0. The maximum absolute atomic E-state index is 6.15. The average molecular weight is 273 g/mol. The van der Waals surface area contributed by atoms with E-state index < -0.39 is 0 Å². The van der Waals surface area contributed by atoms with Gasteiger partial charge in [0.2, 0.25) is 0 Å². The number of nitrogens with two attached hydrogens (primary N) is 1. The van der Waals surface area contributed by atoms with Crippen LogP contribution in [0.4, 0.5) is 11.4 Å². The highest BCUT2D eigenvalue weighted by Crippen LogP contribution is 2.61. The van der Waals surface area contributed by atoms with Crippen molar-refractivity contribution < 1.29 is 0 Å². The number of hydrogen-bond donors (Lipinski definition) is 2. The molecule has 0 amide bonds. The van der Waals surface area contributed by atoms with Gasteiger partial charge in [0, 0.05) is 6.54 Å². The normalized spacial score (nSPS) is 20.7. The largest absolute Gasteiger partial charge is 0.397 e. The molecule has 3 N–H and O–H groups in total. The van der Waals surface area contributed by atoms with E-state index >= 15 is 0 Å². The molecule has 4 rings (SSSR count). The number of anilines is 2. The monoisotopic (exact) mass is 273 g/mol. The van der Waals surface area contributed by atoms with Crippen LogP contribution in [0.2, 0.25) is 0 Å². The summed E-state index contributed by atoms with van der Waals surface area (Å²) in [6.07, 6.45) is 5.65. The van der Waals surface area contributed by atoms with Gasteiger partial charge < -0.3 is 11.1 Å². The Morgan fingerprint density at radius 1 is 1.42 bits per heavy atom. The van der Waals surface area contributed by atoms with E-state index in [1.165, 1.54) is 30.4 Å². The van der Waals surface area contributed by atoms with Gasteiger partial charge in [-0.05, 0) is 56.1 Å². The Bertz CT molecular complexity index is 638. The fourth-order valence-corrected chi connectivity index (χ4v) is 3.97. The minimum absolute atomic E-state index is 0.597. The van der Waals surface area contributed by atoms with Crippen molar-refractivity contribution in [3.05, 3.63) is 17.1 Å². The first-order valence-corrected chi connectivity index (χ1v) is 7.88. The predicted molar refractivity (Wildman–Crippen MR) is 81.7 cm³/mol. The molecule has 0 spiro atoms. The smallest absolute Gasteiger partial charge is 0.0907 e. The van der Waals surface area contributed by atoms with Crippen LogP contribution < -0.4 is 11.1 Å². The van der Waals surface area contributed by atoms with Crippen molar-refractivity contribution in [3.8, 4) is 0 Å². The van der Waals surface area contributed by atoms with E-state index in [1.807, 2.05) is 6.92 Å². The van der Waals surface area contributed by atoms with Gasteiger partial charge in [0.15, 0.2) is 0 Å². The van der Waals surface area contributed by atoms with Crippen molar-refractivity contribution in [1.29, 1.82) is 0 Å². The lowest BCUT2D eigenvalue weighted by molar-refractivity contribution is 0.467. The van der Waals surface area contributed by atoms with Crippen LogP contribution >= 0.6 is 11.3 Å². The van der Waals surface area contributed by atoms with Gasteiger partial charge in [-0.25, -0.2) is 4.98 Å². The van der Waals surface area contributed by atoms with Crippen LogP contribution in [0.3, 0.4) is 0 Å². The summed E-state index contributed by atoms with van der Waals surface area (Å²) in [5, 5.41) is 4.68. The first kappa shape index (κ1) is 11.5. The van der Waals surface area contributed by atoms with Gasteiger partial charge in [0.1, 0.15) is 0 Å². The third kappa shape index (κ3) is 1.98. The Balaban J connectivity index is 1.58. The zero-order valence-corrected chi connectivity index (χ0v) is 12.0. The van der Waals surface area contributed by atoms with E-state index in [0.717, 1.165) is 34.4 Å². The highest BCUT2D eigenvalue weighted by molar-refractivity contribution is 7.18. The molecule has 2 aliphatic rings. The van der Waals surface area contributed by atoms with Crippen LogP contribution in [-0.2, 0) is 0 Å². The van der Waals surface area contributed by atoms with Gasteiger partial charge in [0.05, 0.1) is 26.6 Å². The lowest BCUT2D eigenvalue weighted by Gasteiger charge is -2.17. The highest BCUT2D eigenvalue weighted by atomic mass is 32.1. The summed E-state index contributed by atoms with van der Waals surface area (Å²) in [5.41, 5.74) is 9.73. The minimum Gasteiger partial charge on any atom is -0.397 e. The Morgan fingerprint density at radius 3 is 2.89 bits per heavy atom. The number of nitrogens with one attached hydrogen (secondary N) is 1. The molecule has 1 aromatic heterocycles. The number of nitrogens with zero attached hydrogens (tertiary/aromatic N) is 1. The molecule has 3 nitrogen and oxygen atoms in total. The molecule has 0 radical (unpaired) electrons. The van der Waals surface area contributed by atoms with Gasteiger partial charge >= 0.3 is 0 Å². The van der Waals surface area contributed by atoms with Crippen LogP contribution in [0.5, 0.6) is 0 Å². The molecule has 0 unspecified atom stereocenters. The molecule has 2 aliphatic carbocycles. The molecule has 2 aromatic rings. The van der Waals surface area contributed by atoms with Crippen molar-refractivity contribution in [2.24, 2.45) is 11.3 Å². The second-order valence-corrected chi connectivity index (χ2v) is 7.37. The predicted octanol–water partition coefficient (Wildman–Crippen LogP) is 3.79. The van der Waals surface area contributed by atoms with Gasteiger partial charge in [-0.2, -0.15) is 0 Å². The summed E-state index contributed by atoms with van der Waals surface area (Å²) >= 11 is 1.71. The number of benzene rings is 1. The third-order valence-corrected chi connectivity index (χ3v) is 5.57. The number of fused-ring (bicyclic) bond motifs is 1. The van der Waals surface area contributed by atoms with Crippen molar-refractivity contribution in [1.82, 2.24) is 4.98 Å². The van der Waals surface area contributed by atoms with Gasteiger partial charge in [-0.3, -0.25) is 0 Å². The quantitative estimate of drug-likeness (QED) is 0.833. The summed E-state index contributed by atoms with van der Waals surface area (Å²) in [7, 11) is 0. The molecular weight excluding hydrogens is 254 g/mol. The zero-order chi connectivity index (χ0) is 13.0. The molecule has 1 heterocycles. The summed E-state index contributed by atoms with van der Waals surface area (Å²) in [6, 6.07) is 4.16. The number of rotatable bonds is 4. The standard InChI is InChI=1S/C15H19N3S/c1-9-18-13-7-12(11(16)6-14(13)19-9)17-8-15(4-5-15)10-2-3-10/h6-7,10,17H,2-5,8,16H2,1H3. The summed E-state index contributed by atoms with van der Waals surface area (Å²) < 4.78 is 1.18. The molecule has 0 bridgehead atoms. The van der Waals surface area contributed by atoms with Crippen molar-refractivity contribution >= 4 is 32.9 Å². The van der Waals surface area contributed by atoms with Crippen molar-refractivity contribution in [2.75, 3.05) is 17.6 Å². The fourth-order valence-electron chi connectivity index (χ4n) is 3.11. The molecule has 1 aromatic carbocycles. The van der Waals surface area contributed by atoms with E-state index in [9.17, 15) is 0 Å². The molecule has 0 aliphatic heterocycles. The summed E-state index contributed by atoms with van der Waals surface area (Å²) in [5.74, 6) is 0.978. The van der Waals surface area contributed by atoms with Crippen LogP contribution in [-0.4, -0.2) is 11.5 Å². The average Bonchev–Trinajstić information content (AvgIpc) is 3.23. The van der Waals surface area contributed by atoms with Crippen molar-refractivity contribution in [2.45, 2.75) is 32.6 Å². The second kappa shape index (κ2) is 3.85. The first-order chi connectivity index (χ1) is 9.16.